The summed E-state index contributed by atoms with van der Waals surface area (Å²) in [4.78, 5) is 0. The molecule has 200 valence electrons. The van der Waals surface area contributed by atoms with Crippen molar-refractivity contribution in [3.63, 3.8) is 0 Å². The summed E-state index contributed by atoms with van der Waals surface area (Å²) in [5.41, 5.74) is 4.55. The van der Waals surface area contributed by atoms with E-state index < -0.39 is 5.60 Å². The summed E-state index contributed by atoms with van der Waals surface area (Å²) < 4.78 is 19.9. The minimum Gasteiger partial charge on any atom is -0.497 e. The van der Waals surface area contributed by atoms with E-state index in [-0.39, 0.29) is 6.61 Å². The number of aliphatic hydroxyl groups excluding tert-OH is 1. The van der Waals surface area contributed by atoms with Gasteiger partial charge < -0.3 is 19.3 Å². The van der Waals surface area contributed by atoms with Crippen LogP contribution in [-0.4, -0.2) is 19.3 Å². The van der Waals surface area contributed by atoms with Crippen LogP contribution in [0.15, 0.2) is 106 Å². The summed E-state index contributed by atoms with van der Waals surface area (Å²) in [5.74, 6) is 2.19. The molecule has 0 amide bonds. The predicted molar refractivity (Wildman–Crippen MR) is 167 cm³/mol. The molecule has 1 aliphatic rings. The van der Waals surface area contributed by atoms with Gasteiger partial charge in [-0.2, -0.15) is 0 Å². The molecule has 6 rings (SSSR count). The summed E-state index contributed by atoms with van der Waals surface area (Å²) in [6.07, 6.45) is 4.15. The van der Waals surface area contributed by atoms with Crippen molar-refractivity contribution in [1.82, 2.24) is 0 Å². The maximum absolute atomic E-state index is 10.7. The van der Waals surface area contributed by atoms with E-state index >= 15 is 0 Å². The van der Waals surface area contributed by atoms with Crippen molar-refractivity contribution < 1.29 is 19.3 Å². The minimum absolute atomic E-state index is 0.128. The molecule has 5 aromatic rings. The number of fused-ring (bicyclic) bond motifs is 3. The molecule has 40 heavy (non-hydrogen) atoms. The first-order valence-electron chi connectivity index (χ1n) is 12.8. The Kier molecular flexibility index (Phi) is 7.17. The Morgan fingerprint density at radius 2 is 1.32 bits per heavy atom. The first-order chi connectivity index (χ1) is 19.5. The third-order valence-electron chi connectivity index (χ3n) is 7.43. The zero-order valence-electron chi connectivity index (χ0n) is 21.9. The van der Waals surface area contributed by atoms with Gasteiger partial charge in [0.15, 0.2) is 5.60 Å². The van der Waals surface area contributed by atoms with E-state index in [9.17, 15) is 5.11 Å². The van der Waals surface area contributed by atoms with Crippen LogP contribution < -0.4 is 14.2 Å². The number of rotatable bonds is 6. The zero-order chi connectivity index (χ0) is 27.9. The molecular weight excluding hydrogens is 632 g/mol. The van der Waals surface area contributed by atoms with Crippen LogP contribution in [-0.2, 0) is 12.2 Å². The molecule has 0 saturated carbocycles. The van der Waals surface area contributed by atoms with Crippen LogP contribution in [0.1, 0.15) is 22.3 Å². The Morgan fingerprint density at radius 3 is 1.88 bits per heavy atom. The smallest absolute Gasteiger partial charge is 0.180 e. The van der Waals surface area contributed by atoms with Gasteiger partial charge in [0.2, 0.25) is 0 Å². The number of ether oxygens (including phenoxy) is 3. The maximum Gasteiger partial charge on any atom is 0.180 e. The molecule has 5 aromatic carbocycles. The second-order valence-corrected chi connectivity index (χ2v) is 11.2. The Labute approximate surface area is 250 Å². The average molecular weight is 658 g/mol. The molecule has 0 aromatic heterocycles. The lowest BCUT2D eigenvalue weighted by molar-refractivity contribution is 0.161. The summed E-state index contributed by atoms with van der Waals surface area (Å²) >= 11 is 7.59. The summed E-state index contributed by atoms with van der Waals surface area (Å²) in [6, 6.07) is 30.2. The van der Waals surface area contributed by atoms with E-state index in [0.29, 0.717) is 5.75 Å². The van der Waals surface area contributed by atoms with Crippen LogP contribution in [0, 0.1) is 0 Å². The quantitative estimate of drug-likeness (QED) is 0.198. The fourth-order valence-corrected chi connectivity index (χ4v) is 6.85. The molecule has 1 N–H and O–H groups in total. The van der Waals surface area contributed by atoms with Gasteiger partial charge in [0.05, 0.1) is 20.8 Å². The lowest BCUT2D eigenvalue weighted by Gasteiger charge is -2.38. The first kappa shape index (κ1) is 26.6. The Morgan fingerprint density at radius 1 is 0.750 bits per heavy atom. The number of halogens is 2. The number of aliphatic hydroxyl groups is 1. The van der Waals surface area contributed by atoms with Crippen molar-refractivity contribution in [3.05, 3.63) is 128 Å². The largest absolute Gasteiger partial charge is 0.497 e. The molecule has 6 heteroatoms. The van der Waals surface area contributed by atoms with Crippen molar-refractivity contribution in [3.8, 4) is 28.4 Å². The van der Waals surface area contributed by atoms with Gasteiger partial charge in [-0.25, -0.2) is 0 Å². The molecule has 1 heterocycles. The highest BCUT2D eigenvalue weighted by molar-refractivity contribution is 9.10. The fraction of sp³-hybridized carbons (Fsp3) is 0.118. The molecule has 0 atom stereocenters. The maximum atomic E-state index is 10.7. The van der Waals surface area contributed by atoms with Crippen LogP contribution >= 0.6 is 31.9 Å². The van der Waals surface area contributed by atoms with E-state index in [0.717, 1.165) is 64.6 Å². The monoisotopic (exact) mass is 656 g/mol. The van der Waals surface area contributed by atoms with Gasteiger partial charge >= 0.3 is 0 Å². The van der Waals surface area contributed by atoms with Gasteiger partial charge in [0.1, 0.15) is 17.2 Å². The summed E-state index contributed by atoms with van der Waals surface area (Å²) in [5, 5.41) is 12.7. The van der Waals surface area contributed by atoms with Crippen molar-refractivity contribution in [2.45, 2.75) is 12.2 Å². The first-order valence-corrected chi connectivity index (χ1v) is 14.4. The van der Waals surface area contributed by atoms with Crippen LogP contribution in [0.3, 0.4) is 0 Å². The molecule has 4 nitrogen and oxygen atoms in total. The van der Waals surface area contributed by atoms with Crippen LogP contribution in [0.2, 0.25) is 0 Å². The van der Waals surface area contributed by atoms with Crippen molar-refractivity contribution in [1.29, 1.82) is 0 Å². The van der Waals surface area contributed by atoms with Crippen LogP contribution in [0.5, 0.6) is 17.2 Å². The standard InChI is InChI=1S/C34H26Br2O4/c1-38-22-12-14-28(30(35)18-22)34(29-15-13-23(39-2)19-31(29)36)17-16-26-27(20-37)32(21-8-4-3-5-9-21)24-10-6-7-11-25(24)33(26)40-34/h3-19,37H,20H2,1-2H3. The van der Waals surface area contributed by atoms with E-state index in [1.807, 2.05) is 66.7 Å². The highest BCUT2D eigenvalue weighted by Gasteiger charge is 2.41. The Hall–Kier alpha value is -3.58. The molecule has 0 fully saturated rings. The van der Waals surface area contributed by atoms with E-state index in [1.165, 1.54) is 0 Å². The lowest BCUT2D eigenvalue weighted by Crippen LogP contribution is -2.35. The Bertz CT molecular complexity index is 1710. The van der Waals surface area contributed by atoms with E-state index in [4.69, 9.17) is 14.2 Å². The number of hydrogen-bond acceptors (Lipinski definition) is 4. The van der Waals surface area contributed by atoms with Crippen LogP contribution in [0.4, 0.5) is 0 Å². The minimum atomic E-state index is -1.01. The summed E-state index contributed by atoms with van der Waals surface area (Å²) in [7, 11) is 3.30. The zero-order valence-corrected chi connectivity index (χ0v) is 25.1. The van der Waals surface area contributed by atoms with Gasteiger partial charge in [-0.3, -0.25) is 0 Å². The van der Waals surface area contributed by atoms with Gasteiger partial charge in [0, 0.05) is 31.0 Å². The molecule has 0 bridgehead atoms. The normalized spacial score (nSPS) is 13.5. The van der Waals surface area contributed by atoms with E-state index in [2.05, 4.69) is 68.3 Å². The highest BCUT2D eigenvalue weighted by atomic mass is 79.9. The number of hydrogen-bond donors (Lipinski definition) is 1. The second kappa shape index (κ2) is 10.8. The van der Waals surface area contributed by atoms with Crippen molar-refractivity contribution >= 4 is 48.7 Å². The van der Waals surface area contributed by atoms with Gasteiger partial charge in [-0.15, -0.1) is 0 Å². The van der Waals surface area contributed by atoms with Crippen LogP contribution in [0.25, 0.3) is 28.0 Å². The van der Waals surface area contributed by atoms with Gasteiger partial charge in [-0.05, 0) is 64.6 Å². The number of benzene rings is 5. The molecule has 0 aliphatic carbocycles. The topological polar surface area (TPSA) is 47.9 Å². The molecule has 1 aliphatic heterocycles. The second-order valence-electron chi connectivity index (χ2n) is 9.53. The van der Waals surface area contributed by atoms with Crippen molar-refractivity contribution in [2.75, 3.05) is 14.2 Å². The summed E-state index contributed by atoms with van der Waals surface area (Å²) in [6.45, 7) is -0.128. The molecule has 0 spiro atoms. The third-order valence-corrected chi connectivity index (χ3v) is 8.75. The van der Waals surface area contributed by atoms with Gasteiger partial charge in [0.25, 0.3) is 0 Å². The highest BCUT2D eigenvalue weighted by Crippen LogP contribution is 2.52. The van der Waals surface area contributed by atoms with E-state index in [1.54, 1.807) is 14.2 Å². The fourth-order valence-electron chi connectivity index (χ4n) is 5.54. The SMILES string of the molecule is COc1ccc(C2(c3ccc(OC)cc3Br)C=Cc3c(CO)c(-c4ccccc4)c4ccccc4c3O2)c(Br)c1. The van der Waals surface area contributed by atoms with Gasteiger partial charge in [-0.1, -0.05) is 92.5 Å². The predicted octanol–water partition coefficient (Wildman–Crippen LogP) is 8.89. The Balaban J connectivity index is 1.67. The molecule has 0 unspecified atom stereocenters. The third kappa shape index (κ3) is 4.31. The average Bonchev–Trinajstić information content (AvgIpc) is 3.00. The molecular formula is C34H26Br2O4. The molecule has 0 radical (unpaired) electrons. The number of methoxy groups -OCH3 is 2. The van der Waals surface area contributed by atoms with Crippen molar-refractivity contribution in [2.24, 2.45) is 0 Å². The lowest BCUT2D eigenvalue weighted by atomic mass is 9.81. The molecule has 0 saturated heterocycles.